The smallest absolute Gasteiger partial charge is 0.355 e. The van der Waals surface area contributed by atoms with Crippen molar-refractivity contribution in [1.82, 2.24) is 19.3 Å². The van der Waals surface area contributed by atoms with E-state index >= 15 is 0 Å². The number of aromatic nitrogens is 4. The van der Waals surface area contributed by atoms with Crippen molar-refractivity contribution in [1.29, 1.82) is 0 Å². The summed E-state index contributed by atoms with van der Waals surface area (Å²) in [5, 5.41) is 15.7. The van der Waals surface area contributed by atoms with Crippen LogP contribution in [-0.4, -0.2) is 31.0 Å². The molecule has 0 saturated heterocycles. The zero-order chi connectivity index (χ0) is 26.1. The second-order valence-electron chi connectivity index (χ2n) is 6.65. The minimum absolute atomic E-state index is 0.121. The largest absolute Gasteiger partial charge is 0.395 e. The molecule has 0 aliphatic carbocycles. The molecule has 0 bridgehead atoms. The molecule has 35 heavy (non-hydrogen) atoms. The topological polar surface area (TPSA) is 115 Å². The first-order valence-electron chi connectivity index (χ1n) is 11.1. The van der Waals surface area contributed by atoms with Crippen LogP contribution in [0.5, 0.6) is 0 Å². The molecule has 1 aromatic carbocycles. The molecule has 3 rings (SSSR count). The van der Waals surface area contributed by atoms with Crippen LogP contribution in [0.2, 0.25) is 0 Å². The van der Waals surface area contributed by atoms with Gasteiger partial charge in [-0.25, -0.2) is 14.2 Å². The summed E-state index contributed by atoms with van der Waals surface area (Å²) in [7, 11) is 0. The average Bonchev–Trinajstić information content (AvgIpc) is 3.35. The van der Waals surface area contributed by atoms with Crippen LogP contribution < -0.4 is 16.7 Å². The van der Waals surface area contributed by atoms with Gasteiger partial charge in [0.15, 0.2) is 0 Å². The number of aliphatic hydroxyl groups is 1. The lowest BCUT2D eigenvalue weighted by Gasteiger charge is -2.15. The minimum Gasteiger partial charge on any atom is -0.395 e. The summed E-state index contributed by atoms with van der Waals surface area (Å²) >= 11 is 5.59. The summed E-state index contributed by atoms with van der Waals surface area (Å²) in [6.07, 6.45) is 8.61. The highest BCUT2D eigenvalue weighted by Crippen LogP contribution is 2.13. The van der Waals surface area contributed by atoms with Gasteiger partial charge >= 0.3 is 11.4 Å². The fraction of sp³-hybridized carbons (Fsp3) is 0.280. The zero-order valence-corrected chi connectivity index (χ0v) is 21.1. The van der Waals surface area contributed by atoms with Crippen LogP contribution in [-0.2, 0) is 13.1 Å². The normalized spacial score (nSPS) is 11.1. The quantitative estimate of drug-likeness (QED) is 0.439. The molecular formula is C25H32ClN5O4. The fourth-order valence-electron chi connectivity index (χ4n) is 2.70. The Morgan fingerprint density at radius 2 is 1.89 bits per heavy atom. The van der Waals surface area contributed by atoms with E-state index in [1.54, 1.807) is 36.6 Å². The standard InChI is InChI=1S/C19H21ClN4O3.C4H5NO.C2H6/c1-2-7-15(8-6-11-20)14-24-17(21-16-9-4-3-5-10-16)22-18(26)23(12-13-25)19(24)27;1-4-2-3-6-5-4;1-2/h2-11,25H,12-14H2,1H3,(H,21,22,26);2-3H,1H3;1-2H3/b7-2-,11-6+,15-8+;;. The third kappa shape index (κ3) is 9.99. The van der Waals surface area contributed by atoms with Crippen molar-refractivity contribution in [2.75, 3.05) is 11.9 Å². The van der Waals surface area contributed by atoms with Crippen LogP contribution >= 0.6 is 11.6 Å². The number of benzene rings is 1. The Balaban J connectivity index is 0.000000654. The van der Waals surface area contributed by atoms with Gasteiger partial charge in [-0.15, -0.1) is 0 Å². The maximum atomic E-state index is 12.8. The first-order valence-corrected chi connectivity index (χ1v) is 11.5. The van der Waals surface area contributed by atoms with Crippen LogP contribution in [0.3, 0.4) is 0 Å². The molecule has 2 heterocycles. The van der Waals surface area contributed by atoms with Crippen molar-refractivity contribution in [2.24, 2.45) is 0 Å². The number of anilines is 2. The van der Waals surface area contributed by atoms with Gasteiger partial charge in [-0.3, -0.25) is 4.57 Å². The lowest BCUT2D eigenvalue weighted by molar-refractivity contribution is 0.268. The van der Waals surface area contributed by atoms with Crippen molar-refractivity contribution >= 4 is 23.2 Å². The third-order valence-electron chi connectivity index (χ3n) is 4.17. The summed E-state index contributed by atoms with van der Waals surface area (Å²) in [4.78, 5) is 29.0. The van der Waals surface area contributed by atoms with E-state index in [-0.39, 0.29) is 25.6 Å². The Hall–Kier alpha value is -3.69. The second kappa shape index (κ2) is 16.9. The van der Waals surface area contributed by atoms with Crippen LogP contribution in [0.1, 0.15) is 26.5 Å². The van der Waals surface area contributed by atoms with Gasteiger partial charge in [0.25, 0.3) is 0 Å². The monoisotopic (exact) mass is 501 g/mol. The Morgan fingerprint density at radius 1 is 1.17 bits per heavy atom. The second-order valence-corrected chi connectivity index (χ2v) is 6.91. The van der Waals surface area contributed by atoms with E-state index in [1.165, 1.54) is 10.1 Å². The molecule has 0 fully saturated rings. The van der Waals surface area contributed by atoms with Crippen molar-refractivity contribution in [3.05, 3.63) is 105 Å². The van der Waals surface area contributed by atoms with E-state index in [9.17, 15) is 9.59 Å². The molecule has 0 radical (unpaired) electrons. The lowest BCUT2D eigenvalue weighted by Crippen LogP contribution is -2.43. The number of halogens is 1. The van der Waals surface area contributed by atoms with Gasteiger partial charge in [0.1, 0.15) is 6.26 Å². The van der Waals surface area contributed by atoms with Gasteiger partial charge < -0.3 is 14.9 Å². The summed E-state index contributed by atoms with van der Waals surface area (Å²) in [5.41, 5.74) is 2.47. The van der Waals surface area contributed by atoms with E-state index in [2.05, 4.69) is 20.0 Å². The number of aryl methyl sites for hydroxylation is 1. The predicted molar refractivity (Wildman–Crippen MR) is 140 cm³/mol. The number of hydrogen-bond acceptors (Lipinski definition) is 7. The zero-order valence-electron chi connectivity index (χ0n) is 20.4. The number of nitrogens with one attached hydrogen (secondary N) is 1. The Bertz CT molecular complexity index is 1200. The van der Waals surface area contributed by atoms with E-state index in [0.717, 1.165) is 15.8 Å². The number of nitrogens with zero attached hydrogens (tertiary/aromatic N) is 4. The van der Waals surface area contributed by atoms with Gasteiger partial charge in [-0.2, -0.15) is 4.98 Å². The molecule has 0 amide bonds. The minimum atomic E-state index is -0.721. The molecule has 0 unspecified atom stereocenters. The Kier molecular flexibility index (Phi) is 14.1. The van der Waals surface area contributed by atoms with E-state index in [4.69, 9.17) is 16.7 Å². The van der Waals surface area contributed by atoms with E-state index < -0.39 is 11.4 Å². The van der Waals surface area contributed by atoms with Crippen LogP contribution in [0.15, 0.2) is 92.2 Å². The maximum Gasteiger partial charge on any atom is 0.355 e. The first kappa shape index (κ1) is 29.3. The van der Waals surface area contributed by atoms with Gasteiger partial charge in [-0.05, 0) is 31.6 Å². The lowest BCUT2D eigenvalue weighted by atomic mass is 10.2. The van der Waals surface area contributed by atoms with Gasteiger partial charge in [0.05, 0.1) is 25.4 Å². The first-order chi connectivity index (χ1) is 17.0. The fourth-order valence-corrected chi connectivity index (χ4v) is 2.77. The highest BCUT2D eigenvalue weighted by molar-refractivity contribution is 6.25. The van der Waals surface area contributed by atoms with Gasteiger partial charge in [0.2, 0.25) is 5.95 Å². The van der Waals surface area contributed by atoms with Gasteiger partial charge in [0, 0.05) is 17.3 Å². The molecule has 3 aromatic rings. The van der Waals surface area contributed by atoms with Crippen LogP contribution in [0.4, 0.5) is 11.6 Å². The Morgan fingerprint density at radius 3 is 2.40 bits per heavy atom. The molecule has 0 spiro atoms. The third-order valence-corrected chi connectivity index (χ3v) is 4.32. The molecule has 2 aromatic heterocycles. The van der Waals surface area contributed by atoms with Crippen molar-refractivity contribution < 1.29 is 9.63 Å². The Labute approximate surface area is 209 Å². The number of rotatable bonds is 8. The molecule has 0 atom stereocenters. The SMILES string of the molecule is CC.C\C=C/C(=C\C=C\Cl)Cn1c(Nc2ccccc2)nc(=O)n(CCO)c1=O.Cc1ccon1. The maximum absolute atomic E-state index is 12.8. The number of hydrogen-bond donors (Lipinski definition) is 2. The van der Waals surface area contributed by atoms with Crippen LogP contribution in [0, 0.1) is 6.92 Å². The number of aliphatic hydroxyl groups excluding tert-OH is 1. The van der Waals surface area contributed by atoms with Crippen LogP contribution in [0.25, 0.3) is 0 Å². The molecule has 2 N–H and O–H groups in total. The number of allylic oxidation sites excluding steroid dienone is 5. The summed E-state index contributed by atoms with van der Waals surface area (Å²) in [6.45, 7) is 7.44. The van der Waals surface area contributed by atoms with Crippen molar-refractivity contribution in [3.8, 4) is 0 Å². The summed E-state index contributed by atoms with van der Waals surface area (Å²) in [6, 6.07) is 10.9. The molecule has 9 nitrogen and oxygen atoms in total. The molecule has 0 aliphatic rings. The highest BCUT2D eigenvalue weighted by atomic mass is 35.5. The van der Waals surface area contributed by atoms with E-state index in [1.807, 2.05) is 58.0 Å². The summed E-state index contributed by atoms with van der Waals surface area (Å²) in [5.74, 6) is 0.121. The highest BCUT2D eigenvalue weighted by Gasteiger charge is 2.14. The average molecular weight is 502 g/mol. The van der Waals surface area contributed by atoms with Crippen molar-refractivity contribution in [2.45, 2.75) is 40.8 Å². The summed E-state index contributed by atoms with van der Waals surface area (Å²) < 4.78 is 6.71. The number of para-hydroxylation sites is 1. The molecule has 188 valence electrons. The molecular weight excluding hydrogens is 470 g/mol. The van der Waals surface area contributed by atoms with Crippen molar-refractivity contribution in [3.63, 3.8) is 0 Å². The van der Waals surface area contributed by atoms with E-state index in [0.29, 0.717) is 5.69 Å². The predicted octanol–water partition coefficient (Wildman–Crippen LogP) is 4.41. The van der Waals surface area contributed by atoms with Gasteiger partial charge in [-0.1, -0.05) is 73.1 Å². The molecule has 10 heteroatoms. The molecule has 0 saturated carbocycles. The molecule has 0 aliphatic heterocycles.